The van der Waals surface area contributed by atoms with Crippen LogP contribution >= 0.6 is 0 Å². The molecule has 4 heteroatoms. The third-order valence-corrected chi connectivity index (χ3v) is 4.13. The van der Waals surface area contributed by atoms with Crippen LogP contribution in [0, 0.1) is 0 Å². The fraction of sp³-hybridized carbons (Fsp3) is 0.200. The summed E-state index contributed by atoms with van der Waals surface area (Å²) in [6, 6.07) is 17.5. The Balaban J connectivity index is 2.00. The summed E-state index contributed by atoms with van der Waals surface area (Å²) in [6.45, 7) is 0.907. The van der Waals surface area contributed by atoms with E-state index in [4.69, 9.17) is 0 Å². The Bertz CT molecular complexity index is 836. The van der Waals surface area contributed by atoms with Gasteiger partial charge in [0.1, 0.15) is 0 Å². The number of hydrogen-bond acceptors (Lipinski definition) is 1. The summed E-state index contributed by atoms with van der Waals surface area (Å²) in [4.78, 5) is 0. The molecule has 0 saturated heterocycles. The summed E-state index contributed by atoms with van der Waals surface area (Å²) in [7, 11) is 1.92. The number of benzene rings is 3. The molecule has 3 rings (SSSR count). The smallest absolute Gasteiger partial charge is 0.319 e. The van der Waals surface area contributed by atoms with Crippen molar-refractivity contribution in [3.63, 3.8) is 0 Å². The zero-order chi connectivity index (χ0) is 17.2. The van der Waals surface area contributed by atoms with Gasteiger partial charge < -0.3 is 5.32 Å². The number of alkyl halides is 3. The molecule has 0 atom stereocenters. The first-order valence-corrected chi connectivity index (χ1v) is 7.83. The van der Waals surface area contributed by atoms with Gasteiger partial charge in [0.25, 0.3) is 0 Å². The normalized spacial score (nSPS) is 11.8. The second-order valence-corrected chi connectivity index (χ2v) is 5.79. The highest BCUT2D eigenvalue weighted by molar-refractivity contribution is 5.97. The number of nitrogens with one attached hydrogen (secondary N) is 1. The van der Waals surface area contributed by atoms with Gasteiger partial charge in [-0.3, -0.25) is 0 Å². The average molecular weight is 329 g/mol. The number of hydrogen-bond donors (Lipinski definition) is 1. The lowest BCUT2D eigenvalue weighted by Crippen LogP contribution is -2.10. The van der Waals surface area contributed by atoms with Crippen LogP contribution in [0.2, 0.25) is 0 Å². The summed E-state index contributed by atoms with van der Waals surface area (Å²) in [6.07, 6.45) is -3.36. The van der Waals surface area contributed by atoms with E-state index in [9.17, 15) is 13.2 Å². The van der Waals surface area contributed by atoms with Crippen molar-refractivity contribution < 1.29 is 13.2 Å². The molecule has 0 heterocycles. The maximum Gasteiger partial charge on any atom is 0.416 e. The molecule has 0 fully saturated rings. The molecule has 1 nitrogen and oxygen atoms in total. The Morgan fingerprint density at radius 2 is 1.67 bits per heavy atom. The Morgan fingerprint density at radius 3 is 2.33 bits per heavy atom. The first-order valence-electron chi connectivity index (χ1n) is 7.83. The predicted molar refractivity (Wildman–Crippen MR) is 92.0 cm³/mol. The number of likely N-dealkylation sites (N-methyl/N-ethyl adjacent to an activating group) is 1. The Hall–Kier alpha value is -2.33. The minimum Gasteiger partial charge on any atom is -0.319 e. The number of halogens is 3. The van der Waals surface area contributed by atoms with E-state index in [1.807, 2.05) is 31.3 Å². The van der Waals surface area contributed by atoms with Crippen LogP contribution in [0.15, 0.2) is 60.7 Å². The van der Waals surface area contributed by atoms with Gasteiger partial charge in [0, 0.05) is 0 Å². The molecule has 3 aromatic carbocycles. The van der Waals surface area contributed by atoms with Crippen molar-refractivity contribution >= 4 is 10.8 Å². The van der Waals surface area contributed by atoms with E-state index in [2.05, 4.69) is 17.4 Å². The van der Waals surface area contributed by atoms with E-state index < -0.39 is 11.7 Å². The van der Waals surface area contributed by atoms with Crippen LogP contribution < -0.4 is 5.32 Å². The molecule has 124 valence electrons. The average Bonchev–Trinajstić information content (AvgIpc) is 2.58. The van der Waals surface area contributed by atoms with Crippen LogP contribution in [-0.4, -0.2) is 13.6 Å². The van der Waals surface area contributed by atoms with Crippen molar-refractivity contribution in [2.75, 3.05) is 13.6 Å². The summed E-state index contributed by atoms with van der Waals surface area (Å²) >= 11 is 0. The van der Waals surface area contributed by atoms with Crippen LogP contribution in [0.25, 0.3) is 21.9 Å². The van der Waals surface area contributed by atoms with Gasteiger partial charge in [0.05, 0.1) is 5.56 Å². The molecule has 24 heavy (non-hydrogen) atoms. The lowest BCUT2D eigenvalue weighted by molar-refractivity contribution is -0.137. The van der Waals surface area contributed by atoms with E-state index in [0.717, 1.165) is 47.0 Å². The van der Waals surface area contributed by atoms with Crippen LogP contribution in [0.5, 0.6) is 0 Å². The van der Waals surface area contributed by atoms with Gasteiger partial charge in [-0.05, 0) is 59.6 Å². The molecular weight excluding hydrogens is 311 g/mol. The van der Waals surface area contributed by atoms with Gasteiger partial charge in [-0.25, -0.2) is 0 Å². The fourth-order valence-electron chi connectivity index (χ4n) is 2.85. The van der Waals surface area contributed by atoms with Gasteiger partial charge >= 0.3 is 6.18 Å². The zero-order valence-electron chi connectivity index (χ0n) is 13.3. The van der Waals surface area contributed by atoms with Gasteiger partial charge in [0.15, 0.2) is 0 Å². The monoisotopic (exact) mass is 329 g/mol. The van der Waals surface area contributed by atoms with Crippen molar-refractivity contribution in [1.29, 1.82) is 0 Å². The molecule has 3 aromatic rings. The number of fused-ring (bicyclic) bond motifs is 1. The summed E-state index contributed by atoms with van der Waals surface area (Å²) in [5, 5.41) is 5.27. The predicted octanol–water partition coefficient (Wildman–Crippen LogP) is 5.29. The standard InChI is InChI=1S/C20H18F3N/c1-24-12-11-14-5-10-19-16(13-14)3-2-4-18(19)15-6-8-17(9-7-15)20(21,22)23/h2-10,13,24H,11-12H2,1H3. The Labute approximate surface area is 139 Å². The molecular formula is C20H18F3N. The molecule has 0 radical (unpaired) electrons. The van der Waals surface area contributed by atoms with Crippen molar-refractivity contribution in [2.24, 2.45) is 0 Å². The van der Waals surface area contributed by atoms with Gasteiger partial charge in [0.2, 0.25) is 0 Å². The highest BCUT2D eigenvalue weighted by Crippen LogP contribution is 2.33. The van der Waals surface area contributed by atoms with Crippen LogP contribution in [0.4, 0.5) is 13.2 Å². The van der Waals surface area contributed by atoms with Crippen molar-refractivity contribution in [3.8, 4) is 11.1 Å². The van der Waals surface area contributed by atoms with Gasteiger partial charge in [-0.15, -0.1) is 0 Å². The second kappa shape index (κ2) is 6.65. The fourth-order valence-corrected chi connectivity index (χ4v) is 2.85. The summed E-state index contributed by atoms with van der Waals surface area (Å²) in [5.74, 6) is 0. The molecule has 0 unspecified atom stereocenters. The molecule has 0 aliphatic rings. The van der Waals surface area contributed by atoms with E-state index in [-0.39, 0.29) is 0 Å². The van der Waals surface area contributed by atoms with Crippen LogP contribution in [0.3, 0.4) is 0 Å². The van der Waals surface area contributed by atoms with Gasteiger partial charge in [-0.1, -0.05) is 48.5 Å². The molecule has 1 N–H and O–H groups in total. The third kappa shape index (κ3) is 3.44. The van der Waals surface area contributed by atoms with Crippen molar-refractivity contribution in [3.05, 3.63) is 71.8 Å². The van der Waals surface area contributed by atoms with Crippen molar-refractivity contribution in [2.45, 2.75) is 12.6 Å². The van der Waals surface area contributed by atoms with Crippen molar-refractivity contribution in [1.82, 2.24) is 5.32 Å². The molecule has 0 saturated carbocycles. The van der Waals surface area contributed by atoms with Crippen LogP contribution in [-0.2, 0) is 12.6 Å². The van der Waals surface area contributed by atoms with E-state index >= 15 is 0 Å². The largest absolute Gasteiger partial charge is 0.416 e. The maximum atomic E-state index is 12.7. The SMILES string of the molecule is CNCCc1ccc2c(-c3ccc(C(F)(F)F)cc3)cccc2c1. The molecule has 0 spiro atoms. The first kappa shape index (κ1) is 16.5. The zero-order valence-corrected chi connectivity index (χ0v) is 13.3. The lowest BCUT2D eigenvalue weighted by Gasteiger charge is -2.11. The first-order chi connectivity index (χ1) is 11.5. The van der Waals surface area contributed by atoms with Gasteiger partial charge in [-0.2, -0.15) is 13.2 Å². The highest BCUT2D eigenvalue weighted by Gasteiger charge is 2.29. The quantitative estimate of drug-likeness (QED) is 0.686. The lowest BCUT2D eigenvalue weighted by atomic mass is 9.96. The molecule has 0 bridgehead atoms. The minimum atomic E-state index is -4.31. The Kier molecular flexibility index (Phi) is 4.58. The number of rotatable bonds is 4. The van der Waals surface area contributed by atoms with E-state index in [0.29, 0.717) is 0 Å². The molecule has 0 aliphatic carbocycles. The van der Waals surface area contributed by atoms with Crippen LogP contribution in [0.1, 0.15) is 11.1 Å². The summed E-state index contributed by atoms with van der Waals surface area (Å²) in [5.41, 5.74) is 2.35. The topological polar surface area (TPSA) is 12.0 Å². The van der Waals surface area contributed by atoms with E-state index in [1.54, 1.807) is 0 Å². The minimum absolute atomic E-state index is 0.624. The molecule has 0 amide bonds. The van der Waals surface area contributed by atoms with E-state index in [1.165, 1.54) is 17.7 Å². The second-order valence-electron chi connectivity index (χ2n) is 5.79. The summed E-state index contributed by atoms with van der Waals surface area (Å²) < 4.78 is 38.1. The maximum absolute atomic E-state index is 12.7. The Morgan fingerprint density at radius 1 is 0.917 bits per heavy atom. The third-order valence-electron chi connectivity index (χ3n) is 4.13. The highest BCUT2D eigenvalue weighted by atomic mass is 19.4. The molecule has 0 aromatic heterocycles. The molecule has 0 aliphatic heterocycles.